The van der Waals surface area contributed by atoms with Crippen molar-refractivity contribution in [1.29, 1.82) is 0 Å². The summed E-state index contributed by atoms with van der Waals surface area (Å²) in [6.45, 7) is 3.03. The molecule has 34 heavy (non-hydrogen) atoms. The molecule has 2 heterocycles. The van der Waals surface area contributed by atoms with Crippen molar-refractivity contribution in [3.8, 4) is 5.88 Å². The Morgan fingerprint density at radius 2 is 1.65 bits per heavy atom. The highest BCUT2D eigenvalue weighted by molar-refractivity contribution is 7.90. The topological polar surface area (TPSA) is 108 Å². The van der Waals surface area contributed by atoms with Gasteiger partial charge in [0.25, 0.3) is 0 Å². The van der Waals surface area contributed by atoms with E-state index < -0.39 is 28.2 Å². The first-order chi connectivity index (χ1) is 15.8. The van der Waals surface area contributed by atoms with Crippen LogP contribution in [0.25, 0.3) is 0 Å². The van der Waals surface area contributed by atoms with E-state index in [1.54, 1.807) is 6.92 Å². The van der Waals surface area contributed by atoms with Crippen LogP contribution in [0.5, 0.6) is 5.88 Å². The van der Waals surface area contributed by atoms with E-state index in [4.69, 9.17) is 9.47 Å². The molecular formula is C21H30F3N3O6S. The molecule has 2 fully saturated rings. The highest BCUT2D eigenvalue weighted by atomic mass is 32.2. The van der Waals surface area contributed by atoms with Crippen molar-refractivity contribution in [2.45, 2.75) is 88.0 Å². The van der Waals surface area contributed by atoms with Crippen LogP contribution < -0.4 is 4.74 Å². The van der Waals surface area contributed by atoms with E-state index in [0.29, 0.717) is 24.4 Å². The van der Waals surface area contributed by atoms with Gasteiger partial charge in [0.15, 0.2) is 21.0 Å². The van der Waals surface area contributed by atoms with Gasteiger partial charge in [0.2, 0.25) is 5.88 Å². The maximum absolute atomic E-state index is 12.6. The Labute approximate surface area is 196 Å². The van der Waals surface area contributed by atoms with Crippen LogP contribution in [0.3, 0.4) is 0 Å². The molecule has 1 saturated carbocycles. The number of piperidine rings is 1. The van der Waals surface area contributed by atoms with Crippen LogP contribution in [0.2, 0.25) is 0 Å². The van der Waals surface area contributed by atoms with E-state index in [2.05, 4.69) is 14.7 Å². The Kier molecular flexibility index (Phi) is 8.27. The maximum Gasteiger partial charge on any atom is 0.425 e. The second-order valence-electron chi connectivity index (χ2n) is 8.78. The fourth-order valence-corrected chi connectivity index (χ4v) is 4.47. The third kappa shape index (κ3) is 7.17. The van der Waals surface area contributed by atoms with E-state index in [0.717, 1.165) is 38.9 Å². The Balaban J connectivity index is 1.40. The molecule has 2 aliphatic rings. The second-order valence-corrected chi connectivity index (χ2v) is 10.7. The highest BCUT2D eigenvalue weighted by Crippen LogP contribution is 2.29. The van der Waals surface area contributed by atoms with Crippen LogP contribution in [-0.4, -0.2) is 79.3 Å². The summed E-state index contributed by atoms with van der Waals surface area (Å²) in [7, 11) is -3.44. The lowest BCUT2D eigenvalue weighted by Crippen LogP contribution is -2.44. The summed E-state index contributed by atoms with van der Waals surface area (Å²) in [5, 5.41) is -0.0939. The van der Waals surface area contributed by atoms with Crippen LogP contribution in [0.1, 0.15) is 51.1 Å². The first-order valence-corrected chi connectivity index (χ1v) is 13.1. The van der Waals surface area contributed by atoms with E-state index in [9.17, 15) is 26.4 Å². The predicted molar refractivity (Wildman–Crippen MR) is 114 cm³/mol. The molecule has 1 amide bonds. The van der Waals surface area contributed by atoms with Crippen molar-refractivity contribution in [1.82, 2.24) is 14.9 Å². The van der Waals surface area contributed by atoms with Gasteiger partial charge in [-0.25, -0.2) is 23.2 Å². The fraction of sp³-hybridized carbons (Fsp3) is 0.762. The lowest BCUT2D eigenvalue weighted by atomic mass is 9.94. The summed E-state index contributed by atoms with van der Waals surface area (Å²) in [6, 6.07) is 0. The Morgan fingerprint density at radius 3 is 2.18 bits per heavy atom. The number of hydrogen-bond acceptors (Lipinski definition) is 8. The molecule has 0 aromatic carbocycles. The van der Waals surface area contributed by atoms with E-state index >= 15 is 0 Å². The van der Waals surface area contributed by atoms with Gasteiger partial charge >= 0.3 is 12.3 Å². The number of ether oxygens (including phenoxy) is 3. The zero-order valence-electron chi connectivity index (χ0n) is 19.4. The number of sulfone groups is 1. The van der Waals surface area contributed by atoms with Gasteiger partial charge in [-0.2, -0.15) is 13.2 Å². The summed E-state index contributed by atoms with van der Waals surface area (Å²) in [4.78, 5) is 21.4. The van der Waals surface area contributed by atoms with Crippen LogP contribution >= 0.6 is 0 Å². The van der Waals surface area contributed by atoms with Crippen molar-refractivity contribution < 1.29 is 40.6 Å². The highest BCUT2D eigenvalue weighted by Gasteiger charge is 2.40. The minimum atomic E-state index is -4.58. The number of carbonyl (C=O) groups excluding carboxylic acids is 1. The van der Waals surface area contributed by atoms with Crippen molar-refractivity contribution in [2.24, 2.45) is 0 Å². The van der Waals surface area contributed by atoms with E-state index in [-0.39, 0.29) is 36.4 Å². The van der Waals surface area contributed by atoms with Crippen LogP contribution in [-0.2, 0) is 19.3 Å². The van der Waals surface area contributed by atoms with Gasteiger partial charge in [0.05, 0.1) is 18.4 Å². The molecular weight excluding hydrogens is 479 g/mol. The summed E-state index contributed by atoms with van der Waals surface area (Å²) in [5.41, 5.74) is 0.413. The lowest BCUT2D eigenvalue weighted by molar-refractivity contribution is -0.200. The number of hydrogen-bond donors (Lipinski definition) is 0. The molecule has 13 heteroatoms. The smallest absolute Gasteiger partial charge is 0.425 e. The number of halogens is 3. The molecule has 1 atom stereocenters. The van der Waals surface area contributed by atoms with Crippen molar-refractivity contribution in [3.63, 3.8) is 0 Å². The number of amides is 1. The van der Waals surface area contributed by atoms with Gasteiger partial charge in [0.1, 0.15) is 11.8 Å². The lowest BCUT2D eigenvalue weighted by Gasteiger charge is -2.36. The van der Waals surface area contributed by atoms with Gasteiger partial charge in [0, 0.05) is 19.3 Å². The molecule has 0 spiro atoms. The average Bonchev–Trinajstić information content (AvgIpc) is 2.75. The quantitative estimate of drug-likeness (QED) is 0.574. The number of nitrogens with zero attached hydrogens (tertiary/aromatic N) is 3. The molecule has 1 aliphatic carbocycles. The van der Waals surface area contributed by atoms with Gasteiger partial charge in [-0.3, -0.25) is 0 Å². The normalized spacial score (nSPS) is 23.4. The first-order valence-electron chi connectivity index (χ1n) is 11.2. The third-order valence-electron chi connectivity index (χ3n) is 5.98. The molecule has 1 aromatic heterocycles. The third-order valence-corrected chi connectivity index (χ3v) is 6.94. The minimum Gasteiger partial charge on any atom is -0.473 e. The molecule has 1 aromatic rings. The monoisotopic (exact) mass is 509 g/mol. The van der Waals surface area contributed by atoms with Crippen molar-refractivity contribution in [2.75, 3.05) is 19.3 Å². The average molecular weight is 510 g/mol. The summed E-state index contributed by atoms with van der Waals surface area (Å²) in [6.07, 6.45) is -1.44. The largest absolute Gasteiger partial charge is 0.473 e. The molecule has 1 saturated heterocycles. The minimum absolute atomic E-state index is 0.0356. The van der Waals surface area contributed by atoms with Gasteiger partial charge in [-0.05, 0) is 52.4 Å². The molecule has 0 unspecified atom stereocenters. The van der Waals surface area contributed by atoms with Gasteiger partial charge < -0.3 is 19.1 Å². The van der Waals surface area contributed by atoms with E-state index in [1.165, 1.54) is 11.1 Å². The fourth-order valence-electron chi connectivity index (χ4n) is 3.93. The molecule has 1 aliphatic heterocycles. The molecule has 9 nitrogen and oxygen atoms in total. The second kappa shape index (κ2) is 10.6. The Morgan fingerprint density at radius 1 is 1.09 bits per heavy atom. The number of carbonyl (C=O) groups is 1. The number of likely N-dealkylation sites (tertiary alicyclic amines) is 1. The standard InChI is InChI=1S/C21H30F3N3O6S/c1-13-19(25-12-18(26-13)34(3,29)30)33-16-6-4-15(5-7-16)32-17-8-10-27(11-9-17)20(28)31-14(2)21(22,23)24/h12,14-17H,4-11H2,1-3H3/t14-,15-,16-/m1/s1. The van der Waals surface area contributed by atoms with Gasteiger partial charge in [-0.15, -0.1) is 0 Å². The molecule has 0 bridgehead atoms. The predicted octanol–water partition coefficient (Wildman–Crippen LogP) is 3.45. The van der Waals surface area contributed by atoms with Crippen LogP contribution in [0.15, 0.2) is 11.2 Å². The molecule has 0 N–H and O–H groups in total. The van der Waals surface area contributed by atoms with Crippen LogP contribution in [0.4, 0.5) is 18.0 Å². The Bertz CT molecular complexity index is 959. The molecule has 0 radical (unpaired) electrons. The summed E-state index contributed by atoms with van der Waals surface area (Å²) in [5.74, 6) is 0.316. The molecule has 3 rings (SSSR count). The van der Waals surface area contributed by atoms with Crippen LogP contribution in [0, 0.1) is 6.92 Å². The Hall–Kier alpha value is -2.15. The number of aryl methyl sites for hydroxylation is 1. The summed E-state index contributed by atoms with van der Waals surface area (Å²) >= 11 is 0. The SMILES string of the molecule is Cc1nc(S(C)(=O)=O)cnc1O[C@H]1CC[C@H](OC2CCN(C(=O)O[C@H](C)C(F)(F)F)CC2)CC1. The number of alkyl halides is 3. The van der Waals surface area contributed by atoms with E-state index in [1.807, 2.05) is 0 Å². The zero-order chi connectivity index (χ0) is 25.1. The van der Waals surface area contributed by atoms with Gasteiger partial charge in [-0.1, -0.05) is 0 Å². The maximum atomic E-state index is 12.6. The zero-order valence-corrected chi connectivity index (χ0v) is 20.2. The number of rotatable bonds is 6. The molecule has 192 valence electrons. The van der Waals surface area contributed by atoms with Crippen molar-refractivity contribution in [3.05, 3.63) is 11.9 Å². The van der Waals surface area contributed by atoms with Crippen molar-refractivity contribution >= 4 is 15.9 Å². The summed E-state index contributed by atoms with van der Waals surface area (Å²) < 4.78 is 77.5. The number of aromatic nitrogens is 2. The first kappa shape index (κ1) is 26.5.